The van der Waals surface area contributed by atoms with Crippen LogP contribution in [-0.4, -0.2) is 94.3 Å². The van der Waals surface area contributed by atoms with Crippen LogP contribution < -0.4 is 0 Å². The Labute approximate surface area is 292 Å². The molecule has 2 saturated heterocycles. The Kier molecular flexibility index (Phi) is 11.3. The van der Waals surface area contributed by atoms with Crippen molar-refractivity contribution in [1.29, 1.82) is 0 Å². The van der Waals surface area contributed by atoms with E-state index >= 15 is 0 Å². The topological polar surface area (TPSA) is 191 Å². The Morgan fingerprint density at radius 2 is 1.40 bits per heavy atom. The molecule has 50 heavy (non-hydrogen) atoms. The van der Waals surface area contributed by atoms with Gasteiger partial charge in [-0.25, -0.2) is 4.79 Å². The van der Waals surface area contributed by atoms with Crippen LogP contribution in [0.3, 0.4) is 0 Å². The normalized spacial score (nSPS) is 39.6. The largest absolute Gasteiger partial charge is 0.459 e. The Morgan fingerprint density at radius 1 is 0.820 bits per heavy atom. The first kappa shape index (κ1) is 39.0. The van der Waals surface area contributed by atoms with Gasteiger partial charge in [-0.3, -0.25) is 24.0 Å². The summed E-state index contributed by atoms with van der Waals surface area (Å²) in [5.74, 6) is -5.96. The van der Waals surface area contributed by atoms with Crippen molar-refractivity contribution < 1.29 is 67.0 Å². The predicted octanol–water partition coefficient (Wildman–Crippen LogP) is 3.34. The molecule has 0 saturated carbocycles. The van der Waals surface area contributed by atoms with Crippen molar-refractivity contribution in [3.63, 3.8) is 0 Å². The van der Waals surface area contributed by atoms with Crippen LogP contribution in [-0.2, 0) is 61.9 Å². The van der Waals surface area contributed by atoms with Crippen LogP contribution in [0, 0.1) is 11.3 Å². The Balaban J connectivity index is 2.01. The van der Waals surface area contributed by atoms with Crippen molar-refractivity contribution in [3.8, 4) is 0 Å². The summed E-state index contributed by atoms with van der Waals surface area (Å²) >= 11 is 0. The number of carbonyl (C=O) groups is 6. The second-order valence-corrected chi connectivity index (χ2v) is 14.3. The number of carbonyl (C=O) groups excluding carboxylic acids is 6. The second kappa shape index (κ2) is 14.5. The number of ether oxygens (including phenoxy) is 7. The highest BCUT2D eigenvalue weighted by molar-refractivity contribution is 5.89. The molecule has 0 aromatic rings. The van der Waals surface area contributed by atoms with Crippen LogP contribution in [0.5, 0.6) is 0 Å². The van der Waals surface area contributed by atoms with Gasteiger partial charge in [0, 0.05) is 45.4 Å². The first-order valence-electron chi connectivity index (χ1n) is 17.2. The molecule has 0 amide bonds. The van der Waals surface area contributed by atoms with Crippen molar-refractivity contribution in [2.45, 2.75) is 154 Å². The number of unbranched alkanes of at least 4 members (excludes halogenated alkanes) is 4. The fourth-order valence-electron chi connectivity index (χ4n) is 8.06. The number of rotatable bonds is 11. The molecule has 1 N–H and O–H groups in total. The molecule has 0 aromatic carbocycles. The Morgan fingerprint density at radius 3 is 1.96 bits per heavy atom. The monoisotopic (exact) mass is 706 g/mol. The van der Waals surface area contributed by atoms with Crippen molar-refractivity contribution in [3.05, 3.63) is 23.8 Å². The van der Waals surface area contributed by atoms with Crippen molar-refractivity contribution in [2.75, 3.05) is 0 Å². The molecule has 0 aromatic heterocycles. The highest BCUT2D eigenvalue weighted by atomic mass is 16.7. The van der Waals surface area contributed by atoms with Gasteiger partial charge in [-0.1, -0.05) is 45.6 Å². The fourth-order valence-corrected chi connectivity index (χ4v) is 8.06. The number of hydrogen-bond donors (Lipinski definition) is 1. The molecule has 0 radical (unpaired) electrons. The molecule has 0 bridgehead atoms. The predicted molar refractivity (Wildman–Crippen MR) is 173 cm³/mol. The molecule has 0 unspecified atom stereocenters. The molecular weight excluding hydrogens is 656 g/mol. The van der Waals surface area contributed by atoms with Crippen LogP contribution in [0.4, 0.5) is 0 Å². The lowest BCUT2D eigenvalue weighted by Crippen LogP contribution is -2.69. The van der Waals surface area contributed by atoms with E-state index in [9.17, 15) is 33.9 Å². The van der Waals surface area contributed by atoms with E-state index in [0.29, 0.717) is 6.42 Å². The summed E-state index contributed by atoms with van der Waals surface area (Å²) in [5, 5.41) is 12.5. The van der Waals surface area contributed by atoms with Crippen LogP contribution in [0.2, 0.25) is 0 Å². The summed E-state index contributed by atoms with van der Waals surface area (Å²) in [7, 11) is 0. The fraction of sp³-hybridized carbons (Fsp3) is 0.722. The maximum absolute atomic E-state index is 13.4. The molecule has 4 aliphatic rings. The molecule has 2 aliphatic heterocycles. The number of aliphatic hydroxyl groups is 1. The van der Waals surface area contributed by atoms with E-state index in [1.165, 1.54) is 32.1 Å². The van der Waals surface area contributed by atoms with Gasteiger partial charge in [0.05, 0.1) is 0 Å². The lowest BCUT2D eigenvalue weighted by molar-refractivity contribution is -0.233. The van der Waals surface area contributed by atoms with Gasteiger partial charge in [0.15, 0.2) is 35.6 Å². The van der Waals surface area contributed by atoms with Gasteiger partial charge in [0.1, 0.15) is 17.8 Å². The number of epoxide rings is 1. The Bertz CT molecular complexity index is 1450. The van der Waals surface area contributed by atoms with E-state index in [-0.39, 0.29) is 12.0 Å². The van der Waals surface area contributed by atoms with Gasteiger partial charge in [-0.05, 0) is 44.9 Å². The van der Waals surface area contributed by atoms with Gasteiger partial charge in [0.25, 0.3) is 0 Å². The minimum atomic E-state index is -2.13. The summed E-state index contributed by atoms with van der Waals surface area (Å²) in [5.41, 5.74) is -6.96. The summed E-state index contributed by atoms with van der Waals surface area (Å²) < 4.78 is 41.5. The van der Waals surface area contributed by atoms with Crippen LogP contribution in [0.25, 0.3) is 0 Å². The SMILES string of the molecule is CCCCCCCC(=O)O[C@H]1/C(C)=C\[C@@H]2OC(=O)[C@]3(C)O[C@]23[C@@H](OC(C)=O)[C@H]2[C@](C)(O)[C@H](OC(C)=O)C=C[C@]2(C)[C@@H](OC(C)=O)[C@@H]1OC(C)=O. The van der Waals surface area contributed by atoms with E-state index in [0.717, 1.165) is 53.4 Å². The third kappa shape index (κ3) is 7.05. The van der Waals surface area contributed by atoms with Crippen molar-refractivity contribution in [1.82, 2.24) is 0 Å². The zero-order chi connectivity index (χ0) is 37.4. The van der Waals surface area contributed by atoms with Crippen LogP contribution in [0.1, 0.15) is 101 Å². The molecule has 1 spiro atoms. The highest BCUT2D eigenvalue weighted by Crippen LogP contribution is 2.65. The minimum Gasteiger partial charge on any atom is -0.459 e. The van der Waals surface area contributed by atoms with Gasteiger partial charge < -0.3 is 38.3 Å². The maximum Gasteiger partial charge on any atom is 0.342 e. The highest BCUT2D eigenvalue weighted by Gasteiger charge is 2.88. The summed E-state index contributed by atoms with van der Waals surface area (Å²) in [6.45, 7) is 12.6. The summed E-state index contributed by atoms with van der Waals surface area (Å²) in [6, 6.07) is 0. The second-order valence-electron chi connectivity index (χ2n) is 14.3. The van der Waals surface area contributed by atoms with Crippen LogP contribution in [0.15, 0.2) is 23.8 Å². The van der Waals surface area contributed by atoms with E-state index < -0.39 is 101 Å². The Hall–Kier alpha value is -3.78. The third-order valence-corrected chi connectivity index (χ3v) is 10.4. The van der Waals surface area contributed by atoms with Gasteiger partial charge in [0.2, 0.25) is 0 Å². The number of esters is 6. The molecular formula is C36H50O14. The maximum atomic E-state index is 13.4. The van der Waals surface area contributed by atoms with E-state index in [2.05, 4.69) is 6.92 Å². The van der Waals surface area contributed by atoms with E-state index in [4.69, 9.17) is 33.2 Å². The molecule has 278 valence electrons. The van der Waals surface area contributed by atoms with Gasteiger partial charge in [-0.15, -0.1) is 0 Å². The van der Waals surface area contributed by atoms with Crippen molar-refractivity contribution >= 4 is 35.8 Å². The van der Waals surface area contributed by atoms with Crippen molar-refractivity contribution in [2.24, 2.45) is 11.3 Å². The summed E-state index contributed by atoms with van der Waals surface area (Å²) in [6.07, 6.45) is 0.171. The van der Waals surface area contributed by atoms with Gasteiger partial charge >= 0.3 is 35.8 Å². The standard InChI is InChI=1S/C36H50O14/c1-10-11-12-13-14-15-26(41)49-27-19(2)18-25-36(35(9,50-36)32(42)48-25)31(47-23(6)40)29-33(7,17-16-24(34(29,8)43)44-20(3)37)30(46-22(5)39)28(27)45-21(4)38/h16-18,24-25,27-31,43H,10-15H2,1-9H3/b19-18-/t24-,25+,27+,28-,29-,30+,31+,33+,34-,35+,36+/m1/s1. The minimum absolute atomic E-state index is 0.0507. The lowest BCUT2D eigenvalue weighted by atomic mass is 9.55. The van der Waals surface area contributed by atoms with Crippen LogP contribution >= 0.6 is 0 Å². The molecule has 14 heteroatoms. The molecule has 14 nitrogen and oxygen atoms in total. The number of hydrogen-bond acceptors (Lipinski definition) is 14. The average molecular weight is 707 g/mol. The average Bonchev–Trinajstić information content (AvgIpc) is 3.58. The third-order valence-electron chi connectivity index (χ3n) is 10.4. The lowest BCUT2D eigenvalue weighted by Gasteiger charge is -2.56. The smallest absolute Gasteiger partial charge is 0.342 e. The zero-order valence-corrected chi connectivity index (χ0v) is 30.3. The summed E-state index contributed by atoms with van der Waals surface area (Å²) in [4.78, 5) is 77.7. The number of fused-ring (bicyclic) bond motifs is 1. The molecule has 2 fully saturated rings. The zero-order valence-electron chi connectivity index (χ0n) is 30.3. The first-order chi connectivity index (χ1) is 23.3. The molecule has 2 heterocycles. The molecule has 11 atom stereocenters. The quantitative estimate of drug-likeness (QED) is 0.108. The van der Waals surface area contributed by atoms with E-state index in [1.807, 2.05) is 0 Å². The first-order valence-corrected chi connectivity index (χ1v) is 17.2. The molecule has 2 aliphatic carbocycles. The van der Waals surface area contributed by atoms with Gasteiger partial charge in [-0.2, -0.15) is 0 Å². The molecule has 4 rings (SSSR count). The van der Waals surface area contributed by atoms with E-state index in [1.54, 1.807) is 13.8 Å².